The fourth-order valence-electron chi connectivity index (χ4n) is 1.07. The molecular formula is C11H14N2O. The zero-order valence-electron chi connectivity index (χ0n) is 8.45. The lowest BCUT2D eigenvalue weighted by Crippen LogP contribution is -2.18. The minimum absolute atomic E-state index is 0.176. The maximum atomic E-state index is 11.4. The molecule has 0 bridgehead atoms. The first-order valence-corrected chi connectivity index (χ1v) is 4.56. The Hall–Kier alpha value is -1.64. The SMILES string of the molecule is C/C=N/NC(=O)C1=CC=C(C)CC=C1. The van der Waals surface area contributed by atoms with Crippen LogP contribution in [0.15, 0.2) is 40.6 Å². The van der Waals surface area contributed by atoms with Crippen molar-refractivity contribution in [2.75, 3.05) is 0 Å². The van der Waals surface area contributed by atoms with Crippen LogP contribution in [-0.4, -0.2) is 12.1 Å². The number of hydrazone groups is 1. The topological polar surface area (TPSA) is 41.5 Å². The second-order valence-electron chi connectivity index (χ2n) is 3.07. The molecule has 0 fully saturated rings. The summed E-state index contributed by atoms with van der Waals surface area (Å²) in [5.74, 6) is -0.176. The Labute approximate surface area is 83.9 Å². The zero-order chi connectivity index (χ0) is 10.4. The van der Waals surface area contributed by atoms with Gasteiger partial charge in [-0.2, -0.15) is 5.10 Å². The van der Waals surface area contributed by atoms with Crippen LogP contribution in [0.3, 0.4) is 0 Å². The van der Waals surface area contributed by atoms with Crippen LogP contribution in [0.25, 0.3) is 0 Å². The summed E-state index contributed by atoms with van der Waals surface area (Å²) in [5.41, 5.74) is 4.30. The molecule has 0 saturated heterocycles. The molecule has 0 spiro atoms. The summed E-state index contributed by atoms with van der Waals surface area (Å²) in [7, 11) is 0. The molecule has 3 nitrogen and oxygen atoms in total. The van der Waals surface area contributed by atoms with E-state index in [-0.39, 0.29) is 5.91 Å². The smallest absolute Gasteiger partial charge is 0.267 e. The van der Waals surface area contributed by atoms with Crippen molar-refractivity contribution in [3.63, 3.8) is 0 Å². The summed E-state index contributed by atoms with van der Waals surface area (Å²) in [6.07, 6.45) is 9.97. The lowest BCUT2D eigenvalue weighted by molar-refractivity contribution is -0.117. The van der Waals surface area contributed by atoms with Crippen molar-refractivity contribution in [1.29, 1.82) is 0 Å². The Morgan fingerprint density at radius 1 is 1.57 bits per heavy atom. The average Bonchev–Trinajstić information content (AvgIpc) is 2.39. The van der Waals surface area contributed by atoms with E-state index in [2.05, 4.69) is 10.5 Å². The molecule has 1 amide bonds. The van der Waals surface area contributed by atoms with Gasteiger partial charge in [-0.3, -0.25) is 4.79 Å². The van der Waals surface area contributed by atoms with Gasteiger partial charge in [0.25, 0.3) is 5.91 Å². The van der Waals surface area contributed by atoms with Gasteiger partial charge >= 0.3 is 0 Å². The molecule has 0 aliphatic heterocycles. The predicted octanol–water partition coefficient (Wildman–Crippen LogP) is 1.94. The minimum Gasteiger partial charge on any atom is -0.267 e. The fourth-order valence-corrected chi connectivity index (χ4v) is 1.07. The Kier molecular flexibility index (Phi) is 3.85. The standard InChI is InChI=1S/C11H14N2O/c1-3-12-13-11(14)10-6-4-5-9(2)7-8-10/h3-4,6-8H,5H2,1-2H3,(H,13,14)/b12-3+. The van der Waals surface area contributed by atoms with Crippen molar-refractivity contribution in [2.24, 2.45) is 5.10 Å². The van der Waals surface area contributed by atoms with E-state index in [1.165, 1.54) is 5.57 Å². The van der Waals surface area contributed by atoms with Crippen LogP contribution in [0.4, 0.5) is 0 Å². The maximum absolute atomic E-state index is 11.4. The van der Waals surface area contributed by atoms with Gasteiger partial charge in [-0.25, -0.2) is 5.43 Å². The van der Waals surface area contributed by atoms with Crippen molar-refractivity contribution >= 4 is 12.1 Å². The first-order valence-electron chi connectivity index (χ1n) is 4.56. The lowest BCUT2D eigenvalue weighted by Gasteiger charge is -1.97. The number of carbonyl (C=O) groups is 1. The molecule has 14 heavy (non-hydrogen) atoms. The Bertz CT molecular complexity index is 335. The average molecular weight is 190 g/mol. The normalized spacial score (nSPS) is 16.1. The predicted molar refractivity (Wildman–Crippen MR) is 57.9 cm³/mol. The summed E-state index contributed by atoms with van der Waals surface area (Å²) in [6.45, 7) is 3.79. The van der Waals surface area contributed by atoms with Crippen LogP contribution in [-0.2, 0) is 4.79 Å². The van der Waals surface area contributed by atoms with Crippen molar-refractivity contribution in [2.45, 2.75) is 20.3 Å². The van der Waals surface area contributed by atoms with Gasteiger partial charge in [-0.15, -0.1) is 0 Å². The number of rotatable bonds is 2. The third-order valence-electron chi connectivity index (χ3n) is 1.84. The van der Waals surface area contributed by atoms with Crippen molar-refractivity contribution in [1.82, 2.24) is 5.43 Å². The van der Waals surface area contributed by atoms with Crippen LogP contribution in [0, 0.1) is 0 Å². The molecule has 0 aromatic carbocycles. The zero-order valence-corrected chi connectivity index (χ0v) is 8.45. The second kappa shape index (κ2) is 5.17. The number of hydrogen-bond acceptors (Lipinski definition) is 2. The fraction of sp³-hybridized carbons (Fsp3) is 0.273. The second-order valence-corrected chi connectivity index (χ2v) is 3.07. The molecule has 3 heteroatoms. The highest BCUT2D eigenvalue weighted by Crippen LogP contribution is 2.10. The van der Waals surface area contributed by atoms with Gasteiger partial charge in [0.05, 0.1) is 0 Å². The number of carbonyl (C=O) groups excluding carboxylic acids is 1. The van der Waals surface area contributed by atoms with Crippen LogP contribution in [0.1, 0.15) is 20.3 Å². The van der Waals surface area contributed by atoms with E-state index in [9.17, 15) is 4.79 Å². The van der Waals surface area contributed by atoms with Gasteiger partial charge in [-0.1, -0.05) is 23.8 Å². The maximum Gasteiger partial charge on any atom is 0.271 e. The monoisotopic (exact) mass is 190 g/mol. The van der Waals surface area contributed by atoms with Crippen LogP contribution in [0.2, 0.25) is 0 Å². The molecule has 0 atom stereocenters. The van der Waals surface area contributed by atoms with E-state index in [0.717, 1.165) is 6.42 Å². The molecule has 0 heterocycles. The van der Waals surface area contributed by atoms with Gasteiger partial charge < -0.3 is 0 Å². The lowest BCUT2D eigenvalue weighted by atomic mass is 10.2. The number of hydrogen-bond donors (Lipinski definition) is 1. The molecule has 1 aliphatic rings. The molecule has 1 aliphatic carbocycles. The Morgan fingerprint density at radius 2 is 2.36 bits per heavy atom. The molecule has 74 valence electrons. The number of nitrogens with one attached hydrogen (secondary N) is 1. The van der Waals surface area contributed by atoms with Gasteiger partial charge in [0, 0.05) is 11.8 Å². The third-order valence-corrected chi connectivity index (χ3v) is 1.84. The highest BCUT2D eigenvalue weighted by molar-refractivity contribution is 5.96. The van der Waals surface area contributed by atoms with E-state index >= 15 is 0 Å². The van der Waals surface area contributed by atoms with Gasteiger partial charge in [0.15, 0.2) is 0 Å². The molecule has 0 saturated carbocycles. The molecule has 0 aromatic heterocycles. The molecular weight excluding hydrogens is 176 g/mol. The summed E-state index contributed by atoms with van der Waals surface area (Å²) in [6, 6.07) is 0. The summed E-state index contributed by atoms with van der Waals surface area (Å²) >= 11 is 0. The summed E-state index contributed by atoms with van der Waals surface area (Å²) in [5, 5.41) is 3.68. The Balaban J connectivity index is 2.72. The minimum atomic E-state index is -0.176. The first-order chi connectivity index (χ1) is 6.74. The van der Waals surface area contributed by atoms with Crippen molar-refractivity contribution < 1.29 is 4.79 Å². The summed E-state index contributed by atoms with van der Waals surface area (Å²) < 4.78 is 0. The highest BCUT2D eigenvalue weighted by atomic mass is 16.2. The summed E-state index contributed by atoms with van der Waals surface area (Å²) in [4.78, 5) is 11.4. The molecule has 0 radical (unpaired) electrons. The van der Waals surface area contributed by atoms with E-state index in [4.69, 9.17) is 0 Å². The first kappa shape index (κ1) is 10.4. The third kappa shape index (κ3) is 3.01. The molecule has 0 aromatic rings. The molecule has 1 rings (SSSR count). The molecule has 0 unspecified atom stereocenters. The van der Waals surface area contributed by atoms with E-state index in [1.54, 1.807) is 19.2 Å². The molecule has 1 N–H and O–H groups in total. The number of allylic oxidation sites excluding steroid dienone is 4. The van der Waals surface area contributed by atoms with Crippen LogP contribution in [0.5, 0.6) is 0 Å². The van der Waals surface area contributed by atoms with Gasteiger partial charge in [-0.05, 0) is 26.3 Å². The largest absolute Gasteiger partial charge is 0.271 e. The highest BCUT2D eigenvalue weighted by Gasteiger charge is 2.05. The number of nitrogens with zero attached hydrogens (tertiary/aromatic N) is 1. The van der Waals surface area contributed by atoms with Crippen molar-refractivity contribution in [3.05, 3.63) is 35.5 Å². The van der Waals surface area contributed by atoms with Crippen LogP contribution < -0.4 is 5.43 Å². The van der Waals surface area contributed by atoms with Crippen LogP contribution >= 0.6 is 0 Å². The van der Waals surface area contributed by atoms with E-state index in [0.29, 0.717) is 5.57 Å². The van der Waals surface area contributed by atoms with E-state index < -0.39 is 0 Å². The van der Waals surface area contributed by atoms with Crippen molar-refractivity contribution in [3.8, 4) is 0 Å². The van der Waals surface area contributed by atoms with E-state index in [1.807, 2.05) is 25.2 Å². The van der Waals surface area contributed by atoms with Gasteiger partial charge in [0.1, 0.15) is 0 Å². The number of amides is 1. The van der Waals surface area contributed by atoms with Gasteiger partial charge in [0.2, 0.25) is 0 Å². The quantitative estimate of drug-likeness (QED) is 0.524. The Morgan fingerprint density at radius 3 is 3.07 bits per heavy atom.